The molecule has 0 bridgehead atoms. The summed E-state index contributed by atoms with van der Waals surface area (Å²) in [5.74, 6) is 2.09. The predicted octanol–water partition coefficient (Wildman–Crippen LogP) is 4.06. The molecule has 0 aliphatic carbocycles. The molecular formula is C13H18OS. The summed E-state index contributed by atoms with van der Waals surface area (Å²) in [5, 5.41) is 0. The van der Waals surface area contributed by atoms with Gasteiger partial charge < -0.3 is 4.74 Å². The zero-order valence-electron chi connectivity index (χ0n) is 9.45. The Hall–Kier alpha value is -0.890. The quantitative estimate of drug-likeness (QED) is 0.530. The van der Waals surface area contributed by atoms with Gasteiger partial charge in [0.1, 0.15) is 12.4 Å². The van der Waals surface area contributed by atoms with Crippen LogP contribution in [0.5, 0.6) is 5.75 Å². The summed E-state index contributed by atoms with van der Waals surface area (Å²) in [7, 11) is 0. The number of hydrogen-bond donors (Lipinski definition) is 0. The van der Waals surface area contributed by atoms with E-state index in [1.165, 1.54) is 16.9 Å². The number of benzene rings is 1. The molecule has 2 heteroatoms. The Morgan fingerprint density at radius 2 is 2.27 bits per heavy atom. The first-order chi connectivity index (χ1) is 7.27. The molecule has 0 amide bonds. The van der Waals surface area contributed by atoms with E-state index in [4.69, 9.17) is 4.74 Å². The second-order valence-electron chi connectivity index (χ2n) is 3.38. The molecule has 1 aromatic rings. The van der Waals surface area contributed by atoms with E-state index in [2.05, 4.69) is 32.6 Å². The number of aryl methyl sites for hydroxylation is 1. The summed E-state index contributed by atoms with van der Waals surface area (Å²) >= 11 is 1.89. The van der Waals surface area contributed by atoms with Crippen LogP contribution in [0.15, 0.2) is 35.7 Å². The highest BCUT2D eigenvalue weighted by Gasteiger charge is 2.01. The van der Waals surface area contributed by atoms with E-state index in [1.807, 2.05) is 17.8 Å². The maximum absolute atomic E-state index is 5.50. The molecule has 82 valence electrons. The minimum Gasteiger partial charge on any atom is -0.490 e. The first kappa shape index (κ1) is 12.2. The van der Waals surface area contributed by atoms with Gasteiger partial charge in [0.05, 0.1) is 0 Å². The van der Waals surface area contributed by atoms with Crippen LogP contribution in [0.3, 0.4) is 0 Å². The highest BCUT2D eigenvalue weighted by molar-refractivity contribution is 7.99. The van der Waals surface area contributed by atoms with E-state index >= 15 is 0 Å². The van der Waals surface area contributed by atoms with Crippen molar-refractivity contribution < 1.29 is 4.74 Å². The second kappa shape index (κ2) is 6.57. The molecule has 0 spiro atoms. The van der Waals surface area contributed by atoms with Crippen molar-refractivity contribution >= 4 is 11.8 Å². The van der Waals surface area contributed by atoms with Crippen molar-refractivity contribution in [3.05, 3.63) is 36.4 Å². The van der Waals surface area contributed by atoms with Crippen LogP contribution >= 0.6 is 11.8 Å². The molecule has 0 aliphatic rings. The fourth-order valence-corrected chi connectivity index (χ4v) is 2.11. The average Bonchev–Trinajstić information content (AvgIpc) is 2.26. The Morgan fingerprint density at radius 1 is 1.47 bits per heavy atom. The molecule has 0 saturated heterocycles. The van der Waals surface area contributed by atoms with Crippen molar-refractivity contribution in [3.8, 4) is 5.75 Å². The maximum Gasteiger partial charge on any atom is 0.120 e. The van der Waals surface area contributed by atoms with Gasteiger partial charge in [-0.25, -0.2) is 0 Å². The van der Waals surface area contributed by atoms with Crippen molar-refractivity contribution in [3.63, 3.8) is 0 Å². The Bertz CT molecular complexity index is 320. The van der Waals surface area contributed by atoms with E-state index in [0.29, 0.717) is 6.61 Å². The highest BCUT2D eigenvalue weighted by atomic mass is 32.2. The SMILES string of the molecule is C=CCOc1ccc(C)c(SCCC)c1. The zero-order chi connectivity index (χ0) is 11.1. The molecule has 0 aliphatic heterocycles. The molecule has 0 fully saturated rings. The van der Waals surface area contributed by atoms with E-state index < -0.39 is 0 Å². The van der Waals surface area contributed by atoms with Crippen LogP contribution in [0.4, 0.5) is 0 Å². The monoisotopic (exact) mass is 222 g/mol. The van der Waals surface area contributed by atoms with Gasteiger partial charge in [0.2, 0.25) is 0 Å². The third-order valence-corrected chi connectivity index (χ3v) is 3.35. The van der Waals surface area contributed by atoms with Gasteiger partial charge in [0.25, 0.3) is 0 Å². The third-order valence-electron chi connectivity index (χ3n) is 1.99. The zero-order valence-corrected chi connectivity index (χ0v) is 10.3. The van der Waals surface area contributed by atoms with Gasteiger partial charge in [0, 0.05) is 4.90 Å². The van der Waals surface area contributed by atoms with Gasteiger partial charge in [-0.15, -0.1) is 11.8 Å². The van der Waals surface area contributed by atoms with Crippen LogP contribution in [-0.4, -0.2) is 12.4 Å². The lowest BCUT2D eigenvalue weighted by molar-refractivity contribution is 0.362. The minimum atomic E-state index is 0.570. The molecule has 0 radical (unpaired) electrons. The number of ether oxygens (including phenoxy) is 1. The van der Waals surface area contributed by atoms with E-state index in [9.17, 15) is 0 Å². The molecular weight excluding hydrogens is 204 g/mol. The summed E-state index contributed by atoms with van der Waals surface area (Å²) in [6.45, 7) is 8.53. The number of hydrogen-bond acceptors (Lipinski definition) is 2. The van der Waals surface area contributed by atoms with Gasteiger partial charge in [-0.1, -0.05) is 25.6 Å². The first-order valence-electron chi connectivity index (χ1n) is 5.25. The van der Waals surface area contributed by atoms with Gasteiger partial charge in [0.15, 0.2) is 0 Å². The third kappa shape index (κ3) is 4.00. The molecule has 0 unspecified atom stereocenters. The Balaban J connectivity index is 2.70. The summed E-state index contributed by atoms with van der Waals surface area (Å²) in [6.07, 6.45) is 2.96. The van der Waals surface area contributed by atoms with E-state index in [0.717, 1.165) is 11.5 Å². The van der Waals surface area contributed by atoms with Gasteiger partial charge >= 0.3 is 0 Å². The molecule has 1 rings (SSSR count). The molecule has 0 atom stereocenters. The molecule has 0 saturated carbocycles. The fourth-order valence-electron chi connectivity index (χ4n) is 1.19. The normalized spacial score (nSPS) is 10.0. The Morgan fingerprint density at radius 3 is 2.93 bits per heavy atom. The average molecular weight is 222 g/mol. The summed E-state index contributed by atoms with van der Waals surface area (Å²) in [6, 6.07) is 6.23. The Labute approximate surface area is 96.5 Å². The summed E-state index contributed by atoms with van der Waals surface area (Å²) in [4.78, 5) is 1.32. The maximum atomic E-state index is 5.50. The summed E-state index contributed by atoms with van der Waals surface area (Å²) < 4.78 is 5.50. The number of rotatable bonds is 6. The molecule has 1 nitrogen and oxygen atoms in total. The molecule has 0 aromatic heterocycles. The molecule has 0 heterocycles. The lowest BCUT2D eigenvalue weighted by atomic mass is 10.2. The van der Waals surface area contributed by atoms with Crippen molar-refractivity contribution in [2.75, 3.05) is 12.4 Å². The standard InChI is InChI=1S/C13H18OS/c1-4-8-14-12-7-6-11(3)13(10-12)15-9-5-2/h4,6-7,10H,1,5,8-9H2,2-3H3. The van der Waals surface area contributed by atoms with Crippen molar-refractivity contribution in [1.29, 1.82) is 0 Å². The second-order valence-corrected chi connectivity index (χ2v) is 4.51. The van der Waals surface area contributed by atoms with Crippen LogP contribution in [0.25, 0.3) is 0 Å². The predicted molar refractivity (Wildman–Crippen MR) is 67.9 cm³/mol. The largest absolute Gasteiger partial charge is 0.490 e. The topological polar surface area (TPSA) is 9.23 Å². The van der Waals surface area contributed by atoms with Gasteiger partial charge in [-0.3, -0.25) is 0 Å². The number of thioether (sulfide) groups is 1. The van der Waals surface area contributed by atoms with Crippen molar-refractivity contribution in [2.45, 2.75) is 25.2 Å². The first-order valence-corrected chi connectivity index (χ1v) is 6.23. The van der Waals surface area contributed by atoms with Gasteiger partial charge in [-0.2, -0.15) is 0 Å². The van der Waals surface area contributed by atoms with Crippen LogP contribution in [0.2, 0.25) is 0 Å². The molecule has 1 aromatic carbocycles. The van der Waals surface area contributed by atoms with Gasteiger partial charge in [-0.05, 0) is 36.8 Å². The van der Waals surface area contributed by atoms with Crippen LogP contribution < -0.4 is 4.74 Å². The van der Waals surface area contributed by atoms with Crippen LogP contribution in [0.1, 0.15) is 18.9 Å². The van der Waals surface area contributed by atoms with E-state index in [1.54, 1.807) is 6.08 Å². The van der Waals surface area contributed by atoms with Crippen molar-refractivity contribution in [2.24, 2.45) is 0 Å². The van der Waals surface area contributed by atoms with E-state index in [-0.39, 0.29) is 0 Å². The lowest BCUT2D eigenvalue weighted by Crippen LogP contribution is -1.93. The van der Waals surface area contributed by atoms with Crippen LogP contribution in [0, 0.1) is 6.92 Å². The fraction of sp³-hybridized carbons (Fsp3) is 0.385. The smallest absolute Gasteiger partial charge is 0.120 e. The molecule has 0 N–H and O–H groups in total. The Kier molecular flexibility index (Phi) is 5.33. The lowest BCUT2D eigenvalue weighted by Gasteiger charge is -2.08. The van der Waals surface area contributed by atoms with Crippen molar-refractivity contribution in [1.82, 2.24) is 0 Å². The molecule has 15 heavy (non-hydrogen) atoms. The highest BCUT2D eigenvalue weighted by Crippen LogP contribution is 2.27. The summed E-state index contributed by atoms with van der Waals surface area (Å²) in [5.41, 5.74) is 1.32. The van der Waals surface area contributed by atoms with Crippen LogP contribution in [-0.2, 0) is 0 Å². The minimum absolute atomic E-state index is 0.570.